The van der Waals surface area contributed by atoms with E-state index in [1.807, 2.05) is 0 Å². The number of amides is 2. The van der Waals surface area contributed by atoms with E-state index in [9.17, 15) is 19.2 Å². The number of carbonyl (C=O) groups is 2. The van der Waals surface area contributed by atoms with E-state index in [2.05, 4.69) is 10.3 Å². The van der Waals surface area contributed by atoms with Crippen LogP contribution in [0.5, 0.6) is 0 Å². The second-order valence-electron chi connectivity index (χ2n) is 7.17. The maximum atomic E-state index is 12.8. The van der Waals surface area contributed by atoms with E-state index in [0.29, 0.717) is 10.6 Å². The van der Waals surface area contributed by atoms with Crippen LogP contribution >= 0.6 is 22.9 Å². The number of carbonyl (C=O) groups excluding carboxylic acids is 2. The molecule has 0 aliphatic heterocycles. The Kier molecular flexibility index (Phi) is 5.02. The summed E-state index contributed by atoms with van der Waals surface area (Å²) in [5.74, 6) is -1.08. The summed E-state index contributed by atoms with van der Waals surface area (Å²) in [4.78, 5) is 54.6. The Bertz CT molecular complexity index is 1330. The summed E-state index contributed by atoms with van der Waals surface area (Å²) in [7, 11) is 2.80. The molecular formula is C18H19ClN6O4S. The standard InChI is InChI=1S/C18H19ClN6O4S/c1-23-14-12(16(28)24(2)18(23)29)25(17(19)22-14)7-10(26)21-15-11(13(20)27)8-5-3-4-6-9(8)30-15/h3-7H2,1-2H3,(H2,20,27)(H,21,26). The van der Waals surface area contributed by atoms with Crippen LogP contribution in [0.1, 0.15) is 33.6 Å². The molecule has 0 radical (unpaired) electrons. The number of aromatic nitrogens is 4. The monoisotopic (exact) mass is 450 g/mol. The quantitative estimate of drug-likeness (QED) is 0.566. The average Bonchev–Trinajstić information content (AvgIpc) is 3.22. The third-order valence-electron chi connectivity index (χ3n) is 5.27. The minimum Gasteiger partial charge on any atom is -0.365 e. The van der Waals surface area contributed by atoms with Gasteiger partial charge in [-0.05, 0) is 42.8 Å². The summed E-state index contributed by atoms with van der Waals surface area (Å²) >= 11 is 7.51. The molecule has 3 aromatic rings. The third kappa shape index (κ3) is 3.14. The van der Waals surface area contributed by atoms with Gasteiger partial charge in [0, 0.05) is 19.0 Å². The minimum absolute atomic E-state index is 0.0420. The molecule has 3 aromatic heterocycles. The lowest BCUT2D eigenvalue weighted by Gasteiger charge is -2.11. The Morgan fingerprint density at radius 1 is 1.20 bits per heavy atom. The average molecular weight is 451 g/mol. The Hall–Kier alpha value is -2.92. The fourth-order valence-electron chi connectivity index (χ4n) is 3.79. The molecule has 0 atom stereocenters. The van der Waals surface area contributed by atoms with Gasteiger partial charge in [-0.1, -0.05) is 0 Å². The van der Waals surface area contributed by atoms with Crippen LogP contribution in [-0.2, 0) is 38.3 Å². The molecule has 0 saturated heterocycles. The van der Waals surface area contributed by atoms with Gasteiger partial charge in [-0.15, -0.1) is 11.3 Å². The van der Waals surface area contributed by atoms with Crippen molar-refractivity contribution in [1.82, 2.24) is 18.7 Å². The third-order valence-corrected chi connectivity index (χ3v) is 6.77. The molecule has 12 heteroatoms. The van der Waals surface area contributed by atoms with Crippen LogP contribution in [0.4, 0.5) is 5.00 Å². The van der Waals surface area contributed by atoms with Gasteiger partial charge in [0.15, 0.2) is 11.2 Å². The van der Waals surface area contributed by atoms with E-state index in [0.717, 1.165) is 40.7 Å². The van der Waals surface area contributed by atoms with Gasteiger partial charge < -0.3 is 11.1 Å². The Morgan fingerprint density at radius 3 is 2.60 bits per heavy atom. The second kappa shape index (κ2) is 7.40. The number of nitrogens with two attached hydrogens (primary N) is 1. The molecule has 2 amide bonds. The minimum atomic E-state index is -0.607. The number of hydrogen-bond acceptors (Lipinski definition) is 6. The zero-order chi connectivity index (χ0) is 21.7. The summed E-state index contributed by atoms with van der Waals surface area (Å²) in [5, 5.41) is 3.04. The van der Waals surface area contributed by atoms with Gasteiger partial charge in [-0.2, -0.15) is 4.98 Å². The van der Waals surface area contributed by atoms with Crippen molar-refractivity contribution in [3.05, 3.63) is 42.1 Å². The van der Waals surface area contributed by atoms with Crippen LogP contribution in [0, 0.1) is 0 Å². The molecule has 0 saturated carbocycles. The van der Waals surface area contributed by atoms with Crippen molar-refractivity contribution in [2.75, 3.05) is 5.32 Å². The first-order chi connectivity index (χ1) is 14.2. The first-order valence-electron chi connectivity index (χ1n) is 9.26. The molecule has 0 spiro atoms. The number of primary amides is 1. The van der Waals surface area contributed by atoms with E-state index in [1.54, 1.807) is 0 Å². The van der Waals surface area contributed by atoms with Crippen LogP contribution in [-0.4, -0.2) is 30.5 Å². The molecule has 3 N–H and O–H groups in total. The predicted molar refractivity (Wildman–Crippen MR) is 113 cm³/mol. The predicted octanol–water partition coefficient (Wildman–Crippen LogP) is 0.765. The summed E-state index contributed by atoms with van der Waals surface area (Å²) in [6, 6.07) is 0. The molecule has 1 aliphatic rings. The van der Waals surface area contributed by atoms with Crippen molar-refractivity contribution in [3.63, 3.8) is 0 Å². The van der Waals surface area contributed by atoms with Gasteiger partial charge >= 0.3 is 5.69 Å². The highest BCUT2D eigenvalue weighted by atomic mass is 35.5. The first-order valence-corrected chi connectivity index (χ1v) is 10.5. The number of nitrogens with one attached hydrogen (secondary N) is 1. The summed E-state index contributed by atoms with van der Waals surface area (Å²) in [6.45, 7) is -0.316. The van der Waals surface area contributed by atoms with Crippen molar-refractivity contribution in [2.24, 2.45) is 19.8 Å². The van der Waals surface area contributed by atoms with Crippen LogP contribution < -0.4 is 22.3 Å². The summed E-state index contributed by atoms with van der Waals surface area (Å²) in [5.41, 5.74) is 5.80. The van der Waals surface area contributed by atoms with Crippen molar-refractivity contribution in [2.45, 2.75) is 32.2 Å². The molecule has 0 fully saturated rings. The lowest BCUT2D eigenvalue weighted by atomic mass is 9.95. The topological polar surface area (TPSA) is 134 Å². The normalized spacial score (nSPS) is 13.4. The number of aryl methyl sites for hydroxylation is 2. The van der Waals surface area contributed by atoms with Gasteiger partial charge in [0.25, 0.3) is 11.5 Å². The van der Waals surface area contributed by atoms with Crippen LogP contribution in [0.25, 0.3) is 11.2 Å². The van der Waals surface area contributed by atoms with E-state index in [1.165, 1.54) is 34.6 Å². The molecule has 10 nitrogen and oxygen atoms in total. The van der Waals surface area contributed by atoms with Gasteiger partial charge in [-0.25, -0.2) is 4.79 Å². The maximum Gasteiger partial charge on any atom is 0.332 e. The first kappa shape index (κ1) is 20.4. The molecule has 0 unspecified atom stereocenters. The molecule has 158 valence electrons. The van der Waals surface area contributed by atoms with Gasteiger partial charge in [0.05, 0.1) is 5.56 Å². The number of nitrogens with zero attached hydrogens (tertiary/aromatic N) is 4. The Labute approximate surface area is 178 Å². The highest BCUT2D eigenvalue weighted by Crippen LogP contribution is 2.37. The van der Waals surface area contributed by atoms with Crippen molar-refractivity contribution < 1.29 is 9.59 Å². The van der Waals surface area contributed by atoms with Gasteiger partial charge in [-0.3, -0.25) is 28.1 Å². The molecule has 1 aliphatic carbocycles. The van der Waals surface area contributed by atoms with E-state index in [-0.39, 0.29) is 23.0 Å². The largest absolute Gasteiger partial charge is 0.365 e. The summed E-state index contributed by atoms with van der Waals surface area (Å²) < 4.78 is 3.36. The lowest BCUT2D eigenvalue weighted by Crippen LogP contribution is -2.37. The SMILES string of the molecule is Cn1c(=O)c2c(nc(Cl)n2CC(=O)Nc2sc3c(c2C(N)=O)CCCC3)n(C)c1=O. The molecule has 0 bridgehead atoms. The van der Waals surface area contributed by atoms with E-state index in [4.69, 9.17) is 17.3 Å². The van der Waals surface area contributed by atoms with Crippen LogP contribution in [0.3, 0.4) is 0 Å². The summed E-state index contributed by atoms with van der Waals surface area (Å²) in [6.07, 6.45) is 3.59. The number of fused-ring (bicyclic) bond motifs is 2. The molecular weight excluding hydrogens is 432 g/mol. The van der Waals surface area contributed by atoms with E-state index >= 15 is 0 Å². The lowest BCUT2D eigenvalue weighted by molar-refractivity contribution is -0.116. The maximum absolute atomic E-state index is 12.8. The zero-order valence-corrected chi connectivity index (χ0v) is 17.9. The van der Waals surface area contributed by atoms with Crippen molar-refractivity contribution >= 4 is 50.9 Å². The molecule has 4 rings (SSSR count). The van der Waals surface area contributed by atoms with Crippen molar-refractivity contribution in [1.29, 1.82) is 0 Å². The molecule has 0 aromatic carbocycles. The Balaban J connectivity index is 1.71. The highest BCUT2D eigenvalue weighted by molar-refractivity contribution is 7.17. The highest BCUT2D eigenvalue weighted by Gasteiger charge is 2.26. The van der Waals surface area contributed by atoms with E-state index < -0.39 is 23.1 Å². The number of anilines is 1. The smallest absolute Gasteiger partial charge is 0.332 e. The Morgan fingerprint density at radius 2 is 1.90 bits per heavy atom. The van der Waals surface area contributed by atoms with Crippen LogP contribution in [0.15, 0.2) is 9.59 Å². The number of imidazole rings is 1. The van der Waals surface area contributed by atoms with Gasteiger partial charge in [0.2, 0.25) is 11.2 Å². The van der Waals surface area contributed by atoms with Crippen LogP contribution in [0.2, 0.25) is 5.28 Å². The molecule has 30 heavy (non-hydrogen) atoms. The second-order valence-corrected chi connectivity index (χ2v) is 8.62. The fraction of sp³-hybridized carbons (Fsp3) is 0.389. The zero-order valence-electron chi connectivity index (χ0n) is 16.3. The van der Waals surface area contributed by atoms with Gasteiger partial charge in [0.1, 0.15) is 11.5 Å². The number of hydrogen-bond donors (Lipinski definition) is 2. The molecule has 3 heterocycles. The number of halogens is 1. The number of thiophene rings is 1. The van der Waals surface area contributed by atoms with Crippen molar-refractivity contribution in [3.8, 4) is 0 Å². The fourth-order valence-corrected chi connectivity index (χ4v) is 5.32. The number of rotatable bonds is 4.